The van der Waals surface area contributed by atoms with Crippen molar-refractivity contribution in [2.75, 3.05) is 13.1 Å². The van der Waals surface area contributed by atoms with Gasteiger partial charge in [-0.25, -0.2) is 0 Å². The zero-order valence-electron chi connectivity index (χ0n) is 4.83. The van der Waals surface area contributed by atoms with E-state index < -0.39 is 0 Å². The third kappa shape index (κ3) is 0.427. The highest BCUT2D eigenvalue weighted by atomic mass is 15.0. The smallest absolute Gasteiger partial charge is 0.0318 e. The average Bonchev–Trinajstić information content (AvgIpc) is 1.47. The van der Waals surface area contributed by atoms with Crippen molar-refractivity contribution in [2.45, 2.75) is 12.8 Å². The Labute approximate surface area is 49.0 Å². The van der Waals surface area contributed by atoms with E-state index >= 15 is 0 Å². The monoisotopic (exact) mass is 110 g/mol. The number of hydrogen-bond donors (Lipinski definition) is 2. The third-order valence-corrected chi connectivity index (χ3v) is 1.79. The van der Waals surface area contributed by atoms with Gasteiger partial charge in [-0.3, -0.25) is 0 Å². The third-order valence-electron chi connectivity index (χ3n) is 1.79. The lowest BCUT2D eigenvalue weighted by Gasteiger charge is -2.30. The van der Waals surface area contributed by atoms with Gasteiger partial charge >= 0.3 is 0 Å². The van der Waals surface area contributed by atoms with Crippen molar-refractivity contribution >= 4 is 0 Å². The average molecular weight is 110 g/mol. The lowest BCUT2D eigenvalue weighted by molar-refractivity contribution is 0.539. The van der Waals surface area contributed by atoms with Crippen molar-refractivity contribution in [1.29, 1.82) is 0 Å². The SMILES string of the molecule is C1CC(=C2CCN2)N1. The molecule has 2 N–H and O–H groups in total. The predicted molar refractivity (Wildman–Crippen MR) is 32.3 cm³/mol. The first-order chi connectivity index (χ1) is 3.97. The molecule has 2 fully saturated rings. The van der Waals surface area contributed by atoms with E-state index in [4.69, 9.17) is 0 Å². The van der Waals surface area contributed by atoms with Crippen LogP contribution in [0.2, 0.25) is 0 Å². The van der Waals surface area contributed by atoms with Gasteiger partial charge in [-0.15, -0.1) is 0 Å². The Morgan fingerprint density at radius 2 is 1.25 bits per heavy atom. The van der Waals surface area contributed by atoms with Crippen molar-refractivity contribution in [1.82, 2.24) is 10.6 Å². The minimum atomic E-state index is 1.18. The molecular weight excluding hydrogens is 100 g/mol. The molecule has 0 spiro atoms. The molecule has 0 bridgehead atoms. The fourth-order valence-corrected chi connectivity index (χ4v) is 1.02. The van der Waals surface area contributed by atoms with Crippen molar-refractivity contribution in [3.05, 3.63) is 11.4 Å². The van der Waals surface area contributed by atoms with Crippen molar-refractivity contribution in [2.24, 2.45) is 0 Å². The molecule has 2 nitrogen and oxygen atoms in total. The Balaban J connectivity index is 2.07. The van der Waals surface area contributed by atoms with Gasteiger partial charge in [0.05, 0.1) is 0 Å². The molecule has 0 radical (unpaired) electrons. The molecule has 2 heteroatoms. The van der Waals surface area contributed by atoms with E-state index in [1.807, 2.05) is 0 Å². The fraction of sp³-hybridized carbons (Fsp3) is 0.667. The normalized spacial score (nSPS) is 34.0. The summed E-state index contributed by atoms with van der Waals surface area (Å²) in [5, 5.41) is 6.53. The maximum Gasteiger partial charge on any atom is 0.0318 e. The van der Waals surface area contributed by atoms with Gasteiger partial charge in [0.1, 0.15) is 0 Å². The van der Waals surface area contributed by atoms with Crippen LogP contribution in [-0.2, 0) is 0 Å². The predicted octanol–water partition coefficient (Wildman–Crippen LogP) is 0.185. The topological polar surface area (TPSA) is 24.1 Å². The van der Waals surface area contributed by atoms with Crippen LogP contribution in [0.4, 0.5) is 0 Å². The summed E-state index contributed by atoms with van der Waals surface area (Å²) in [4.78, 5) is 0. The molecule has 2 saturated heterocycles. The van der Waals surface area contributed by atoms with Gasteiger partial charge in [0.2, 0.25) is 0 Å². The van der Waals surface area contributed by atoms with Crippen molar-refractivity contribution in [3.8, 4) is 0 Å². The van der Waals surface area contributed by atoms with Crippen LogP contribution in [-0.4, -0.2) is 13.1 Å². The van der Waals surface area contributed by atoms with Gasteiger partial charge in [-0.2, -0.15) is 0 Å². The summed E-state index contributed by atoms with van der Waals surface area (Å²) in [6.45, 7) is 2.36. The number of hydrogen-bond acceptors (Lipinski definition) is 2. The second-order valence-corrected chi connectivity index (χ2v) is 2.31. The molecule has 0 saturated carbocycles. The fourth-order valence-electron chi connectivity index (χ4n) is 1.02. The summed E-state index contributed by atoms with van der Waals surface area (Å²) in [5.74, 6) is 0. The Kier molecular flexibility index (Phi) is 0.745. The molecule has 2 rings (SSSR count). The molecule has 0 atom stereocenters. The molecule has 0 amide bonds. The van der Waals surface area contributed by atoms with E-state index in [1.165, 1.54) is 37.3 Å². The first kappa shape index (κ1) is 4.24. The summed E-state index contributed by atoms with van der Waals surface area (Å²) < 4.78 is 0. The Morgan fingerprint density at radius 3 is 1.38 bits per heavy atom. The zero-order valence-corrected chi connectivity index (χ0v) is 4.83. The van der Waals surface area contributed by atoms with Crippen LogP contribution in [0.25, 0.3) is 0 Å². The van der Waals surface area contributed by atoms with Crippen LogP contribution in [0, 0.1) is 0 Å². The highest BCUT2D eigenvalue weighted by Gasteiger charge is 2.17. The summed E-state index contributed by atoms with van der Waals surface area (Å²) >= 11 is 0. The molecule has 2 aliphatic heterocycles. The molecule has 2 heterocycles. The molecule has 0 unspecified atom stereocenters. The van der Waals surface area contributed by atoms with E-state index in [2.05, 4.69) is 10.6 Å². The van der Waals surface area contributed by atoms with Crippen LogP contribution >= 0.6 is 0 Å². The molecule has 0 aromatic rings. The van der Waals surface area contributed by atoms with E-state index in [9.17, 15) is 0 Å². The highest BCUT2D eigenvalue weighted by molar-refractivity contribution is 5.21. The highest BCUT2D eigenvalue weighted by Crippen LogP contribution is 2.17. The lowest BCUT2D eigenvalue weighted by Crippen LogP contribution is -2.38. The van der Waals surface area contributed by atoms with Gasteiger partial charge in [0.15, 0.2) is 0 Å². The molecule has 44 valence electrons. The van der Waals surface area contributed by atoms with Gasteiger partial charge in [-0.05, 0) is 0 Å². The summed E-state index contributed by atoms with van der Waals surface area (Å²) in [7, 11) is 0. The largest absolute Gasteiger partial charge is 0.387 e. The molecule has 2 aliphatic rings. The van der Waals surface area contributed by atoms with E-state index in [0.29, 0.717) is 0 Å². The molecule has 0 aliphatic carbocycles. The van der Waals surface area contributed by atoms with Crippen LogP contribution in [0.15, 0.2) is 11.4 Å². The number of nitrogens with one attached hydrogen (secondary N) is 2. The maximum atomic E-state index is 3.26. The Bertz CT molecular complexity index is 109. The maximum absolute atomic E-state index is 3.26. The summed E-state index contributed by atoms with van der Waals surface area (Å²) in [5.41, 5.74) is 2.91. The standard InChI is InChI=1S/C6H10N2/c1-3-7-5(1)6-2-4-8-6/h7-8H,1-4H2. The zero-order chi connectivity index (χ0) is 5.40. The quantitative estimate of drug-likeness (QED) is 0.465. The van der Waals surface area contributed by atoms with Gasteiger partial charge in [0.25, 0.3) is 0 Å². The minimum Gasteiger partial charge on any atom is -0.387 e. The Morgan fingerprint density at radius 1 is 0.875 bits per heavy atom. The van der Waals surface area contributed by atoms with Crippen LogP contribution in [0.1, 0.15) is 12.8 Å². The lowest BCUT2D eigenvalue weighted by atomic mass is 10.1. The first-order valence-corrected chi connectivity index (χ1v) is 3.16. The van der Waals surface area contributed by atoms with Crippen LogP contribution < -0.4 is 10.6 Å². The second kappa shape index (κ2) is 1.41. The summed E-state index contributed by atoms with van der Waals surface area (Å²) in [6.07, 6.45) is 2.53. The first-order valence-electron chi connectivity index (χ1n) is 3.16. The van der Waals surface area contributed by atoms with Gasteiger partial charge in [-0.1, -0.05) is 0 Å². The van der Waals surface area contributed by atoms with Crippen LogP contribution in [0.5, 0.6) is 0 Å². The van der Waals surface area contributed by atoms with Crippen molar-refractivity contribution in [3.63, 3.8) is 0 Å². The minimum absolute atomic E-state index is 1.18. The van der Waals surface area contributed by atoms with Crippen LogP contribution in [0.3, 0.4) is 0 Å². The van der Waals surface area contributed by atoms with E-state index in [-0.39, 0.29) is 0 Å². The second-order valence-electron chi connectivity index (χ2n) is 2.31. The molecule has 0 aromatic heterocycles. The molecule has 0 aromatic carbocycles. The summed E-state index contributed by atoms with van der Waals surface area (Å²) in [6, 6.07) is 0. The van der Waals surface area contributed by atoms with Crippen molar-refractivity contribution < 1.29 is 0 Å². The van der Waals surface area contributed by atoms with E-state index in [1.54, 1.807) is 0 Å². The molecule has 8 heavy (non-hydrogen) atoms. The van der Waals surface area contributed by atoms with Gasteiger partial charge in [0, 0.05) is 37.3 Å². The molecular formula is C6H10N2. The number of rotatable bonds is 0. The Hall–Kier alpha value is -0.660. The van der Waals surface area contributed by atoms with E-state index in [0.717, 1.165) is 0 Å². The van der Waals surface area contributed by atoms with Gasteiger partial charge < -0.3 is 10.6 Å².